The van der Waals surface area contributed by atoms with Crippen molar-refractivity contribution in [3.8, 4) is 0 Å². The SMILES string of the molecule is C.O=C(NCCCCN1CCN(c2ccccc2)CC1)c1ccc2ccccc2n1. The molecule has 3 aromatic rings. The first-order valence-electron chi connectivity index (χ1n) is 10.5. The minimum Gasteiger partial charge on any atom is -0.369 e. The summed E-state index contributed by atoms with van der Waals surface area (Å²) < 4.78 is 0. The summed E-state index contributed by atoms with van der Waals surface area (Å²) in [4.78, 5) is 21.8. The van der Waals surface area contributed by atoms with Crippen LogP contribution in [0.2, 0.25) is 0 Å². The topological polar surface area (TPSA) is 48.5 Å². The van der Waals surface area contributed by atoms with E-state index in [0.29, 0.717) is 12.2 Å². The molecular formula is C25H32N4O. The second kappa shape index (κ2) is 10.7. The van der Waals surface area contributed by atoms with Gasteiger partial charge in [0.25, 0.3) is 5.91 Å². The van der Waals surface area contributed by atoms with Crippen LogP contribution < -0.4 is 10.2 Å². The molecule has 0 spiro atoms. The predicted octanol–water partition coefficient (Wildman–Crippen LogP) is 4.20. The van der Waals surface area contributed by atoms with Gasteiger partial charge in [0, 0.05) is 43.8 Å². The van der Waals surface area contributed by atoms with Gasteiger partial charge in [0.05, 0.1) is 5.52 Å². The first kappa shape index (κ1) is 21.8. The van der Waals surface area contributed by atoms with Crippen molar-refractivity contribution < 1.29 is 4.79 Å². The average molecular weight is 405 g/mol. The lowest BCUT2D eigenvalue weighted by atomic mass is 10.2. The van der Waals surface area contributed by atoms with Crippen LogP contribution in [0.3, 0.4) is 0 Å². The number of nitrogens with zero attached hydrogens (tertiary/aromatic N) is 3. The van der Waals surface area contributed by atoms with Gasteiger partial charge in [-0.05, 0) is 43.7 Å². The Labute approximate surface area is 179 Å². The highest BCUT2D eigenvalue weighted by Gasteiger charge is 2.16. The molecule has 0 unspecified atom stereocenters. The van der Waals surface area contributed by atoms with Crippen molar-refractivity contribution in [3.63, 3.8) is 0 Å². The zero-order valence-corrected chi connectivity index (χ0v) is 16.8. The maximum atomic E-state index is 12.3. The van der Waals surface area contributed by atoms with Crippen LogP contribution in [-0.2, 0) is 0 Å². The van der Waals surface area contributed by atoms with Crippen molar-refractivity contribution in [3.05, 3.63) is 72.4 Å². The molecule has 0 atom stereocenters. The van der Waals surface area contributed by atoms with E-state index in [4.69, 9.17) is 0 Å². The first-order chi connectivity index (χ1) is 14.3. The molecule has 0 aliphatic carbocycles. The second-order valence-corrected chi connectivity index (χ2v) is 7.52. The quantitative estimate of drug-likeness (QED) is 0.600. The van der Waals surface area contributed by atoms with E-state index in [1.54, 1.807) is 6.07 Å². The fourth-order valence-corrected chi connectivity index (χ4v) is 3.81. The number of pyridine rings is 1. The lowest BCUT2D eigenvalue weighted by Crippen LogP contribution is -2.46. The van der Waals surface area contributed by atoms with E-state index in [9.17, 15) is 4.79 Å². The normalized spacial score (nSPS) is 14.3. The summed E-state index contributed by atoms with van der Waals surface area (Å²) in [6.07, 6.45) is 2.08. The number of benzene rings is 2. The molecular weight excluding hydrogens is 372 g/mol. The van der Waals surface area contributed by atoms with E-state index >= 15 is 0 Å². The Hall–Kier alpha value is -2.92. The van der Waals surface area contributed by atoms with Gasteiger partial charge in [-0.1, -0.05) is 49.9 Å². The number of para-hydroxylation sites is 2. The molecule has 1 saturated heterocycles. The molecule has 1 aliphatic rings. The molecule has 2 heterocycles. The van der Waals surface area contributed by atoms with E-state index in [-0.39, 0.29) is 13.3 Å². The highest BCUT2D eigenvalue weighted by atomic mass is 16.1. The number of piperazine rings is 1. The number of hydrogen-bond acceptors (Lipinski definition) is 4. The summed E-state index contributed by atoms with van der Waals surface area (Å²) in [6.45, 7) is 6.14. The number of nitrogens with one attached hydrogen (secondary N) is 1. The summed E-state index contributed by atoms with van der Waals surface area (Å²) in [5, 5.41) is 4.05. The summed E-state index contributed by atoms with van der Waals surface area (Å²) in [5.74, 6) is -0.0905. The number of carbonyl (C=O) groups is 1. The molecule has 1 N–H and O–H groups in total. The molecule has 1 aliphatic heterocycles. The molecule has 1 aromatic heterocycles. The molecule has 0 radical (unpaired) electrons. The number of amides is 1. The first-order valence-corrected chi connectivity index (χ1v) is 10.5. The zero-order valence-electron chi connectivity index (χ0n) is 16.8. The van der Waals surface area contributed by atoms with E-state index in [1.807, 2.05) is 30.3 Å². The smallest absolute Gasteiger partial charge is 0.269 e. The number of anilines is 1. The van der Waals surface area contributed by atoms with Gasteiger partial charge >= 0.3 is 0 Å². The number of carbonyl (C=O) groups excluding carboxylic acids is 1. The van der Waals surface area contributed by atoms with Crippen LogP contribution in [-0.4, -0.2) is 55.1 Å². The number of unbranched alkanes of at least 4 members (excludes halogenated alkanes) is 1. The summed E-state index contributed by atoms with van der Waals surface area (Å²) in [7, 11) is 0. The van der Waals surface area contributed by atoms with Crippen LogP contribution >= 0.6 is 0 Å². The molecule has 0 saturated carbocycles. The molecule has 158 valence electrons. The lowest BCUT2D eigenvalue weighted by Gasteiger charge is -2.36. The molecule has 1 fully saturated rings. The van der Waals surface area contributed by atoms with Gasteiger partial charge in [0.2, 0.25) is 0 Å². The highest BCUT2D eigenvalue weighted by molar-refractivity contribution is 5.94. The summed E-state index contributed by atoms with van der Waals surface area (Å²) in [5.41, 5.74) is 2.66. The number of aromatic nitrogens is 1. The van der Waals surface area contributed by atoms with Crippen molar-refractivity contribution in [1.82, 2.24) is 15.2 Å². The second-order valence-electron chi connectivity index (χ2n) is 7.52. The highest BCUT2D eigenvalue weighted by Crippen LogP contribution is 2.16. The minimum atomic E-state index is -0.0905. The van der Waals surface area contributed by atoms with Crippen LogP contribution in [0.1, 0.15) is 30.8 Å². The third kappa shape index (κ3) is 5.57. The zero-order chi connectivity index (χ0) is 19.9. The Morgan fingerprint density at radius 2 is 1.60 bits per heavy atom. The maximum Gasteiger partial charge on any atom is 0.269 e. The van der Waals surface area contributed by atoms with E-state index in [1.165, 1.54) is 5.69 Å². The Kier molecular flexibility index (Phi) is 7.80. The Bertz CT molecular complexity index is 936. The van der Waals surface area contributed by atoms with E-state index in [2.05, 4.69) is 50.4 Å². The van der Waals surface area contributed by atoms with Gasteiger partial charge in [-0.3, -0.25) is 9.69 Å². The van der Waals surface area contributed by atoms with Crippen molar-refractivity contribution in [2.45, 2.75) is 20.3 Å². The van der Waals surface area contributed by atoms with Gasteiger partial charge in [0.1, 0.15) is 5.69 Å². The van der Waals surface area contributed by atoms with Gasteiger partial charge in [-0.2, -0.15) is 0 Å². The third-order valence-electron chi connectivity index (χ3n) is 5.51. The molecule has 5 heteroatoms. The predicted molar refractivity (Wildman–Crippen MR) is 125 cm³/mol. The van der Waals surface area contributed by atoms with Gasteiger partial charge in [-0.25, -0.2) is 4.98 Å². The van der Waals surface area contributed by atoms with E-state index < -0.39 is 0 Å². The van der Waals surface area contributed by atoms with Gasteiger partial charge < -0.3 is 10.2 Å². The average Bonchev–Trinajstić information content (AvgIpc) is 2.79. The fraction of sp³-hybridized carbons (Fsp3) is 0.360. The van der Waals surface area contributed by atoms with Crippen LogP contribution in [0.4, 0.5) is 5.69 Å². The van der Waals surface area contributed by atoms with Crippen LogP contribution in [0, 0.1) is 0 Å². The van der Waals surface area contributed by atoms with Crippen molar-refractivity contribution in [2.75, 3.05) is 44.2 Å². The fourth-order valence-electron chi connectivity index (χ4n) is 3.81. The molecule has 5 nitrogen and oxygen atoms in total. The van der Waals surface area contributed by atoms with Gasteiger partial charge in [-0.15, -0.1) is 0 Å². The molecule has 2 aromatic carbocycles. The Balaban J connectivity index is 0.00000256. The number of fused-ring (bicyclic) bond motifs is 1. The van der Waals surface area contributed by atoms with Crippen molar-refractivity contribution in [1.29, 1.82) is 0 Å². The summed E-state index contributed by atoms with van der Waals surface area (Å²) >= 11 is 0. The molecule has 1 amide bonds. The lowest BCUT2D eigenvalue weighted by molar-refractivity contribution is 0.0948. The Morgan fingerprint density at radius 3 is 2.40 bits per heavy atom. The van der Waals surface area contributed by atoms with Crippen LogP contribution in [0.25, 0.3) is 10.9 Å². The minimum absolute atomic E-state index is 0. The summed E-state index contributed by atoms with van der Waals surface area (Å²) in [6, 6.07) is 22.2. The monoisotopic (exact) mass is 404 g/mol. The maximum absolute atomic E-state index is 12.3. The van der Waals surface area contributed by atoms with E-state index in [0.717, 1.165) is 56.5 Å². The molecule has 0 bridgehead atoms. The number of rotatable bonds is 7. The van der Waals surface area contributed by atoms with Crippen LogP contribution in [0.5, 0.6) is 0 Å². The van der Waals surface area contributed by atoms with Crippen molar-refractivity contribution >= 4 is 22.5 Å². The third-order valence-corrected chi connectivity index (χ3v) is 5.51. The Morgan fingerprint density at radius 1 is 0.867 bits per heavy atom. The van der Waals surface area contributed by atoms with Gasteiger partial charge in [0.15, 0.2) is 0 Å². The number of hydrogen-bond donors (Lipinski definition) is 1. The molecule has 4 rings (SSSR count). The molecule has 30 heavy (non-hydrogen) atoms. The van der Waals surface area contributed by atoms with Crippen molar-refractivity contribution in [2.24, 2.45) is 0 Å². The van der Waals surface area contributed by atoms with Crippen LogP contribution in [0.15, 0.2) is 66.7 Å². The largest absolute Gasteiger partial charge is 0.369 e. The standard InChI is InChI=1S/C24H28N4O.CH4/c29-24(23-13-12-20-8-4-5-11-22(20)26-23)25-14-6-7-15-27-16-18-28(19-17-27)21-9-2-1-3-10-21;/h1-5,8-13H,6-7,14-19H2,(H,25,29);1H4.